The van der Waals surface area contributed by atoms with Gasteiger partial charge in [0.15, 0.2) is 5.82 Å². The number of nitrogens with one attached hydrogen (secondary N) is 1. The Morgan fingerprint density at radius 2 is 1.96 bits per heavy atom. The zero-order valence-electron chi connectivity index (χ0n) is 13.2. The number of aromatic nitrogens is 1. The number of piperazine rings is 1. The molecule has 1 aliphatic heterocycles. The maximum atomic E-state index is 12.4. The van der Waals surface area contributed by atoms with Crippen LogP contribution in [0.2, 0.25) is 5.02 Å². The number of rotatable bonds is 2. The van der Waals surface area contributed by atoms with E-state index >= 15 is 0 Å². The average molecular weight is 335 g/mol. The van der Waals surface area contributed by atoms with Crippen molar-refractivity contribution in [2.45, 2.75) is 13.8 Å². The molecule has 0 aliphatic carbocycles. The molecule has 1 aliphatic rings. The van der Waals surface area contributed by atoms with Crippen LogP contribution in [0.5, 0.6) is 0 Å². The second-order valence-corrected chi connectivity index (χ2v) is 6.10. The van der Waals surface area contributed by atoms with Crippen LogP contribution in [0.15, 0.2) is 28.8 Å². The van der Waals surface area contributed by atoms with Gasteiger partial charge in [-0.05, 0) is 37.6 Å². The van der Waals surface area contributed by atoms with E-state index in [2.05, 4.69) is 15.4 Å². The summed E-state index contributed by atoms with van der Waals surface area (Å²) < 4.78 is 5.10. The minimum atomic E-state index is -0.0913. The predicted molar refractivity (Wildman–Crippen MR) is 90.2 cm³/mol. The topological polar surface area (TPSA) is 61.6 Å². The molecule has 6 nitrogen and oxygen atoms in total. The van der Waals surface area contributed by atoms with Crippen LogP contribution in [-0.2, 0) is 0 Å². The van der Waals surface area contributed by atoms with Crippen molar-refractivity contribution in [1.29, 1.82) is 0 Å². The molecule has 0 spiro atoms. The molecule has 2 aromatic rings. The number of amides is 2. The van der Waals surface area contributed by atoms with Gasteiger partial charge >= 0.3 is 6.03 Å². The molecule has 1 saturated heterocycles. The van der Waals surface area contributed by atoms with Crippen LogP contribution < -0.4 is 10.2 Å². The van der Waals surface area contributed by atoms with Gasteiger partial charge in [-0.2, -0.15) is 0 Å². The summed E-state index contributed by atoms with van der Waals surface area (Å²) in [4.78, 5) is 16.3. The summed E-state index contributed by atoms with van der Waals surface area (Å²) in [6, 6.07) is 7.25. The molecule has 7 heteroatoms. The van der Waals surface area contributed by atoms with E-state index < -0.39 is 0 Å². The van der Waals surface area contributed by atoms with E-state index in [9.17, 15) is 4.79 Å². The Labute approximate surface area is 140 Å². The molecule has 0 atom stereocenters. The fourth-order valence-electron chi connectivity index (χ4n) is 2.60. The molecular weight excluding hydrogens is 316 g/mol. The zero-order chi connectivity index (χ0) is 16.4. The monoisotopic (exact) mass is 334 g/mol. The number of carbonyl (C=O) groups excluding carboxylic acids is 1. The van der Waals surface area contributed by atoms with Gasteiger partial charge < -0.3 is 19.6 Å². The number of hydrogen-bond donors (Lipinski definition) is 1. The number of carbonyl (C=O) groups is 1. The summed E-state index contributed by atoms with van der Waals surface area (Å²) in [6.07, 6.45) is 0. The maximum absolute atomic E-state index is 12.4. The lowest BCUT2D eigenvalue weighted by atomic mass is 10.2. The third kappa shape index (κ3) is 3.59. The molecule has 0 saturated carbocycles. The highest BCUT2D eigenvalue weighted by Crippen LogP contribution is 2.21. The van der Waals surface area contributed by atoms with Crippen molar-refractivity contribution in [3.05, 3.63) is 40.6 Å². The highest BCUT2D eigenvalue weighted by Gasteiger charge is 2.23. The van der Waals surface area contributed by atoms with Crippen LogP contribution in [0.1, 0.15) is 11.3 Å². The minimum absolute atomic E-state index is 0.0913. The zero-order valence-corrected chi connectivity index (χ0v) is 13.9. The summed E-state index contributed by atoms with van der Waals surface area (Å²) in [5.41, 5.74) is 1.73. The normalized spacial score (nSPS) is 14.9. The average Bonchev–Trinajstić information content (AvgIpc) is 2.97. The first-order chi connectivity index (χ1) is 11.0. The Morgan fingerprint density at radius 1 is 1.22 bits per heavy atom. The molecule has 1 aromatic heterocycles. The molecule has 1 fully saturated rings. The Balaban J connectivity index is 1.58. The van der Waals surface area contributed by atoms with Gasteiger partial charge in [-0.25, -0.2) is 4.79 Å². The first-order valence-electron chi connectivity index (χ1n) is 7.53. The first kappa shape index (κ1) is 15.7. The number of anilines is 2. The van der Waals surface area contributed by atoms with Gasteiger partial charge in [0.1, 0.15) is 5.76 Å². The van der Waals surface area contributed by atoms with Gasteiger partial charge in [-0.15, -0.1) is 0 Å². The Kier molecular flexibility index (Phi) is 4.43. The molecule has 2 heterocycles. The third-order valence-electron chi connectivity index (χ3n) is 3.94. The number of urea groups is 1. The molecule has 0 bridgehead atoms. The lowest BCUT2D eigenvalue weighted by Gasteiger charge is -2.34. The summed E-state index contributed by atoms with van der Waals surface area (Å²) in [5, 5.41) is 7.62. The summed E-state index contributed by atoms with van der Waals surface area (Å²) in [6.45, 7) is 6.55. The van der Waals surface area contributed by atoms with Crippen LogP contribution >= 0.6 is 11.6 Å². The van der Waals surface area contributed by atoms with Gasteiger partial charge in [0.2, 0.25) is 0 Å². The maximum Gasteiger partial charge on any atom is 0.321 e. The first-order valence-corrected chi connectivity index (χ1v) is 7.91. The highest BCUT2D eigenvalue weighted by atomic mass is 35.5. The van der Waals surface area contributed by atoms with Crippen molar-refractivity contribution < 1.29 is 9.32 Å². The van der Waals surface area contributed by atoms with Crippen molar-refractivity contribution in [1.82, 2.24) is 10.1 Å². The van der Waals surface area contributed by atoms with Gasteiger partial charge in [0.05, 0.1) is 0 Å². The molecule has 23 heavy (non-hydrogen) atoms. The molecule has 0 unspecified atom stereocenters. The van der Waals surface area contributed by atoms with Crippen LogP contribution in [0.25, 0.3) is 0 Å². The molecule has 3 rings (SSSR count). The minimum Gasteiger partial charge on any atom is -0.360 e. The molecule has 1 aromatic carbocycles. The van der Waals surface area contributed by atoms with Crippen LogP contribution in [0, 0.1) is 13.8 Å². The van der Waals surface area contributed by atoms with Crippen molar-refractivity contribution in [3.63, 3.8) is 0 Å². The van der Waals surface area contributed by atoms with Crippen LogP contribution in [0.3, 0.4) is 0 Å². The standard InChI is InChI=1S/C16H19ClN4O2/c1-11-9-13(17)3-4-14(11)18-16(22)21-7-5-20(6-8-21)15-10-12(2)23-19-15/h3-4,9-10H,5-8H2,1-2H3,(H,18,22). The number of benzene rings is 1. The Morgan fingerprint density at radius 3 is 2.57 bits per heavy atom. The summed E-state index contributed by atoms with van der Waals surface area (Å²) >= 11 is 5.94. The van der Waals surface area contributed by atoms with Crippen LogP contribution in [-0.4, -0.2) is 42.3 Å². The summed E-state index contributed by atoms with van der Waals surface area (Å²) in [5.74, 6) is 1.62. The smallest absolute Gasteiger partial charge is 0.321 e. The lowest BCUT2D eigenvalue weighted by Crippen LogP contribution is -2.50. The fourth-order valence-corrected chi connectivity index (χ4v) is 2.83. The second-order valence-electron chi connectivity index (χ2n) is 5.66. The third-order valence-corrected chi connectivity index (χ3v) is 4.17. The SMILES string of the molecule is Cc1cc(N2CCN(C(=O)Nc3ccc(Cl)cc3C)CC2)no1. The van der Waals surface area contributed by atoms with Gasteiger partial charge in [-0.1, -0.05) is 16.8 Å². The van der Waals surface area contributed by atoms with E-state index in [1.54, 1.807) is 11.0 Å². The fraction of sp³-hybridized carbons (Fsp3) is 0.375. The lowest BCUT2D eigenvalue weighted by molar-refractivity contribution is 0.208. The molecular formula is C16H19ClN4O2. The van der Waals surface area contributed by atoms with E-state index in [4.69, 9.17) is 16.1 Å². The Bertz CT molecular complexity index is 708. The molecule has 0 radical (unpaired) electrons. The van der Waals surface area contributed by atoms with Crippen LogP contribution in [0.4, 0.5) is 16.3 Å². The Hall–Kier alpha value is -2.21. The van der Waals surface area contributed by atoms with Crippen molar-refractivity contribution in [2.75, 3.05) is 36.4 Å². The van der Waals surface area contributed by atoms with E-state index in [1.165, 1.54) is 0 Å². The van der Waals surface area contributed by atoms with Crippen molar-refractivity contribution >= 4 is 29.1 Å². The van der Waals surface area contributed by atoms with Crippen molar-refractivity contribution in [2.24, 2.45) is 0 Å². The van der Waals surface area contributed by atoms with Crippen molar-refractivity contribution in [3.8, 4) is 0 Å². The molecule has 1 N–H and O–H groups in total. The highest BCUT2D eigenvalue weighted by molar-refractivity contribution is 6.30. The number of aryl methyl sites for hydroxylation is 2. The molecule has 2 amide bonds. The molecule has 122 valence electrons. The van der Waals surface area contributed by atoms with E-state index in [0.29, 0.717) is 18.1 Å². The predicted octanol–water partition coefficient (Wildman–Crippen LogP) is 3.30. The largest absolute Gasteiger partial charge is 0.360 e. The van der Waals surface area contributed by atoms with E-state index in [0.717, 1.165) is 35.9 Å². The van der Waals surface area contributed by atoms with Gasteiger partial charge in [0.25, 0.3) is 0 Å². The number of halogens is 1. The number of nitrogens with zero attached hydrogens (tertiary/aromatic N) is 3. The van der Waals surface area contributed by atoms with Gasteiger partial charge in [0, 0.05) is 43.0 Å². The quantitative estimate of drug-likeness (QED) is 0.915. The second kappa shape index (κ2) is 6.50. The number of hydrogen-bond acceptors (Lipinski definition) is 4. The van der Waals surface area contributed by atoms with Gasteiger partial charge in [-0.3, -0.25) is 0 Å². The van der Waals surface area contributed by atoms with E-state index in [1.807, 2.05) is 32.0 Å². The van der Waals surface area contributed by atoms with E-state index in [-0.39, 0.29) is 6.03 Å². The summed E-state index contributed by atoms with van der Waals surface area (Å²) in [7, 11) is 0.